The lowest BCUT2D eigenvalue weighted by molar-refractivity contribution is -0.147. The van der Waals surface area contributed by atoms with Crippen LogP contribution in [0.3, 0.4) is 0 Å². The first-order valence-electron chi connectivity index (χ1n) is 9.58. The second kappa shape index (κ2) is 10.5. The quantitative estimate of drug-likeness (QED) is 0.386. The molecule has 4 bridgehead atoms. The standard InChI is InChI=1S/C15H17NO7.C7H3NS/c1-10(17)22-9-13(18)12(7-14(19)20)16-15(21)23-8-11-5-3-2-4-6-11;1-2-4-6-5(3-1)9-7(4)8-6/h2-6,12H,7-9H2,1H3,(H,16,21)(H,19,20);1-3H. The Kier molecular flexibility index (Phi) is 7.50. The number of carbonyl (C=O) groups excluding carboxylic acids is 3. The molecule has 0 aliphatic carbocycles. The molecule has 0 saturated heterocycles. The maximum Gasteiger partial charge on any atom is 0.408 e. The van der Waals surface area contributed by atoms with Gasteiger partial charge < -0.3 is 19.9 Å². The molecule has 1 amide bonds. The Morgan fingerprint density at radius 2 is 1.81 bits per heavy atom. The van der Waals surface area contributed by atoms with Crippen molar-refractivity contribution >= 4 is 55.6 Å². The Hall–Kier alpha value is -3.79. The van der Waals surface area contributed by atoms with Crippen molar-refractivity contribution in [3.8, 4) is 0 Å². The first-order chi connectivity index (χ1) is 15.3. The van der Waals surface area contributed by atoms with Crippen molar-refractivity contribution in [2.75, 3.05) is 6.61 Å². The second-order valence-electron chi connectivity index (χ2n) is 6.77. The molecule has 5 rings (SSSR count). The van der Waals surface area contributed by atoms with Gasteiger partial charge in [-0.2, -0.15) is 0 Å². The molecule has 32 heavy (non-hydrogen) atoms. The number of ether oxygens (including phenoxy) is 2. The highest BCUT2D eigenvalue weighted by Crippen LogP contribution is 2.37. The van der Waals surface area contributed by atoms with Crippen LogP contribution in [-0.2, 0) is 30.5 Å². The van der Waals surface area contributed by atoms with Gasteiger partial charge in [-0.05, 0) is 17.7 Å². The van der Waals surface area contributed by atoms with Crippen LogP contribution in [0.2, 0.25) is 0 Å². The number of aliphatic carboxylic acids is 1. The summed E-state index contributed by atoms with van der Waals surface area (Å²) in [6.45, 7) is 0.470. The van der Waals surface area contributed by atoms with Gasteiger partial charge in [0.1, 0.15) is 17.5 Å². The number of thiophene rings is 1. The number of carboxylic acid groups (broad SMARTS) is 1. The van der Waals surface area contributed by atoms with Crippen LogP contribution in [0.4, 0.5) is 4.79 Å². The average molecular weight is 456 g/mol. The molecule has 9 nitrogen and oxygen atoms in total. The molecular formula is C22H20N2O7S. The third kappa shape index (κ3) is 6.11. The molecule has 2 aromatic carbocycles. The second-order valence-corrected chi connectivity index (χ2v) is 7.81. The zero-order chi connectivity index (χ0) is 23.1. The van der Waals surface area contributed by atoms with Gasteiger partial charge in [-0.25, -0.2) is 9.78 Å². The average Bonchev–Trinajstić information content (AvgIpc) is 3.27. The van der Waals surface area contributed by atoms with Crippen LogP contribution in [0.25, 0.3) is 20.4 Å². The number of esters is 1. The number of hydrogen-bond acceptors (Lipinski definition) is 8. The number of nitrogens with zero attached hydrogens (tertiary/aromatic N) is 1. The van der Waals surface area contributed by atoms with Gasteiger partial charge in [-0.15, -0.1) is 11.3 Å². The zero-order valence-electron chi connectivity index (χ0n) is 17.1. The molecule has 0 saturated carbocycles. The highest BCUT2D eigenvalue weighted by molar-refractivity contribution is 7.26. The van der Waals surface area contributed by atoms with Gasteiger partial charge in [0.15, 0.2) is 12.4 Å². The molecule has 0 aliphatic heterocycles. The number of carboxylic acids is 1. The van der Waals surface area contributed by atoms with Crippen molar-refractivity contribution in [1.29, 1.82) is 0 Å². The van der Waals surface area contributed by atoms with E-state index in [2.05, 4.69) is 33.2 Å². The van der Waals surface area contributed by atoms with E-state index in [1.807, 2.05) is 0 Å². The van der Waals surface area contributed by atoms with Crippen LogP contribution in [0.1, 0.15) is 18.9 Å². The molecule has 0 fully saturated rings. The van der Waals surface area contributed by atoms with Crippen LogP contribution in [0.15, 0.2) is 48.5 Å². The maximum atomic E-state index is 11.8. The van der Waals surface area contributed by atoms with Crippen molar-refractivity contribution in [3.05, 3.63) is 54.1 Å². The minimum Gasteiger partial charge on any atom is -0.481 e. The van der Waals surface area contributed by atoms with E-state index in [1.54, 1.807) is 41.7 Å². The molecule has 10 heteroatoms. The summed E-state index contributed by atoms with van der Waals surface area (Å²) in [5, 5.41) is 12.3. The summed E-state index contributed by atoms with van der Waals surface area (Å²) in [5.41, 5.74) is 1.96. The van der Waals surface area contributed by atoms with Gasteiger partial charge in [0.05, 0.1) is 16.6 Å². The van der Waals surface area contributed by atoms with E-state index in [4.69, 9.17) is 9.84 Å². The van der Waals surface area contributed by atoms with Crippen molar-refractivity contribution in [2.45, 2.75) is 26.0 Å². The van der Waals surface area contributed by atoms with E-state index in [0.29, 0.717) is 0 Å². The zero-order valence-corrected chi connectivity index (χ0v) is 17.9. The number of carbonyl (C=O) groups is 4. The number of thiazole rings is 1. The van der Waals surface area contributed by atoms with Gasteiger partial charge in [-0.1, -0.05) is 36.4 Å². The third-order valence-electron chi connectivity index (χ3n) is 4.34. The summed E-state index contributed by atoms with van der Waals surface area (Å²) in [6.07, 6.45) is -1.57. The molecule has 5 aromatic rings. The fraction of sp³-hybridized carbons (Fsp3) is 0.227. The number of benzene rings is 2. The fourth-order valence-electron chi connectivity index (χ4n) is 2.78. The summed E-state index contributed by atoms with van der Waals surface area (Å²) in [7, 11) is 0. The number of alkyl carbamates (subject to hydrolysis) is 1. The molecule has 0 radical (unpaired) electrons. The monoisotopic (exact) mass is 456 g/mol. The van der Waals surface area contributed by atoms with Crippen LogP contribution >= 0.6 is 11.3 Å². The number of rotatable bonds is 8. The largest absolute Gasteiger partial charge is 0.481 e. The lowest BCUT2D eigenvalue weighted by Gasteiger charge is -2.15. The van der Waals surface area contributed by atoms with Crippen molar-refractivity contribution in [1.82, 2.24) is 10.3 Å². The van der Waals surface area contributed by atoms with Gasteiger partial charge in [-0.3, -0.25) is 14.4 Å². The molecule has 3 heterocycles. The lowest BCUT2D eigenvalue weighted by Crippen LogP contribution is -2.44. The number of nitrogens with one attached hydrogen (secondary N) is 1. The molecule has 1 atom stereocenters. The molecule has 3 aromatic heterocycles. The minimum atomic E-state index is -1.34. The smallest absolute Gasteiger partial charge is 0.408 e. The topological polar surface area (TPSA) is 132 Å². The Morgan fingerprint density at radius 1 is 1.06 bits per heavy atom. The summed E-state index contributed by atoms with van der Waals surface area (Å²) in [5.74, 6) is -2.70. The molecule has 1 unspecified atom stereocenters. The van der Waals surface area contributed by atoms with E-state index in [9.17, 15) is 19.2 Å². The van der Waals surface area contributed by atoms with Gasteiger partial charge in [0, 0.05) is 12.3 Å². The van der Waals surface area contributed by atoms with Crippen LogP contribution in [-0.4, -0.2) is 46.6 Å². The number of ketones is 1. The molecule has 0 spiro atoms. The van der Waals surface area contributed by atoms with Gasteiger partial charge >= 0.3 is 18.0 Å². The minimum absolute atomic E-state index is 0.0232. The first kappa shape index (κ1) is 22.9. The number of hydrogen-bond donors (Lipinski definition) is 2. The van der Waals surface area contributed by atoms with E-state index >= 15 is 0 Å². The lowest BCUT2D eigenvalue weighted by atomic mass is 10.1. The highest BCUT2D eigenvalue weighted by atomic mass is 32.1. The van der Waals surface area contributed by atoms with Crippen molar-refractivity contribution in [2.24, 2.45) is 0 Å². The van der Waals surface area contributed by atoms with Crippen LogP contribution < -0.4 is 5.32 Å². The summed E-state index contributed by atoms with van der Waals surface area (Å²) in [6, 6.07) is 13.8. The van der Waals surface area contributed by atoms with Gasteiger partial charge in [0.25, 0.3) is 0 Å². The number of Topliss-reactive ketones (excluding diaryl/α,β-unsaturated/α-hetero) is 1. The number of amides is 1. The first-order valence-corrected chi connectivity index (χ1v) is 10.4. The normalized spacial score (nSPS) is 11.5. The van der Waals surface area contributed by atoms with E-state index in [0.717, 1.165) is 12.5 Å². The fourth-order valence-corrected chi connectivity index (χ4v) is 3.80. The molecule has 166 valence electrons. The molecule has 2 N–H and O–H groups in total. The molecule has 0 aliphatic rings. The van der Waals surface area contributed by atoms with Crippen LogP contribution in [0, 0.1) is 0 Å². The third-order valence-corrected chi connectivity index (χ3v) is 5.39. The predicted molar refractivity (Wildman–Crippen MR) is 117 cm³/mol. The summed E-state index contributed by atoms with van der Waals surface area (Å²) in [4.78, 5) is 50.4. The Labute approximate surface area is 186 Å². The molecular weight excluding hydrogens is 436 g/mol. The Morgan fingerprint density at radius 3 is 2.44 bits per heavy atom. The maximum absolute atomic E-state index is 11.8. The van der Waals surface area contributed by atoms with Crippen molar-refractivity contribution in [3.63, 3.8) is 0 Å². The van der Waals surface area contributed by atoms with Crippen molar-refractivity contribution < 1.29 is 33.8 Å². The number of aromatic nitrogens is 1. The highest BCUT2D eigenvalue weighted by Gasteiger charge is 2.25. The van der Waals surface area contributed by atoms with E-state index in [-0.39, 0.29) is 6.61 Å². The summed E-state index contributed by atoms with van der Waals surface area (Å²) >= 11 is 1.78. The Balaban J connectivity index is 0.000000258. The van der Waals surface area contributed by atoms with E-state index in [1.165, 1.54) is 20.4 Å². The van der Waals surface area contributed by atoms with Crippen LogP contribution in [0.5, 0.6) is 0 Å². The van der Waals surface area contributed by atoms with E-state index < -0.39 is 42.9 Å². The Bertz CT molecular complexity index is 1180. The van der Waals surface area contributed by atoms with Gasteiger partial charge in [0.2, 0.25) is 0 Å². The predicted octanol–water partition coefficient (Wildman–Crippen LogP) is 3.21. The SMILES string of the molecule is CC(=O)OCC(=O)C(CC(=O)O)NC(=O)OCc1ccccc1.c1cc2sc3nc2c3c1. The number of para-hydroxylation sites is 1. The summed E-state index contributed by atoms with van der Waals surface area (Å²) < 4.78 is 10.8.